The number of rotatable bonds is 3. The molecule has 3 heteroatoms. The zero-order valence-corrected chi connectivity index (χ0v) is 11.4. The number of hydrogen-bond donors (Lipinski definition) is 1. The minimum absolute atomic E-state index is 0.331. The lowest BCUT2D eigenvalue weighted by Gasteiger charge is -2.09. The molecule has 3 nitrogen and oxygen atoms in total. The fourth-order valence-corrected chi connectivity index (χ4v) is 2.92. The van der Waals surface area contributed by atoms with Crippen LogP contribution in [-0.2, 0) is 0 Å². The van der Waals surface area contributed by atoms with Gasteiger partial charge in [0.25, 0.3) is 0 Å². The van der Waals surface area contributed by atoms with Gasteiger partial charge in [-0.15, -0.1) is 0 Å². The van der Waals surface area contributed by atoms with Crippen LogP contribution in [0.4, 0.5) is 0 Å². The fourth-order valence-electron chi connectivity index (χ4n) is 2.92. The van der Waals surface area contributed by atoms with E-state index < -0.39 is 5.97 Å². The quantitative estimate of drug-likeness (QED) is 0.781. The average molecular weight is 276 g/mol. The predicted molar refractivity (Wildman–Crippen MR) is 81.4 cm³/mol. The maximum atomic E-state index is 11.4. The van der Waals surface area contributed by atoms with Gasteiger partial charge < -0.3 is 9.67 Å². The molecule has 21 heavy (non-hydrogen) atoms. The van der Waals surface area contributed by atoms with Crippen molar-refractivity contribution in [1.29, 1.82) is 0 Å². The summed E-state index contributed by atoms with van der Waals surface area (Å²) in [6.45, 7) is 0. The number of hydrogen-bond acceptors (Lipinski definition) is 1. The van der Waals surface area contributed by atoms with E-state index in [4.69, 9.17) is 0 Å². The molecule has 1 aliphatic rings. The van der Waals surface area contributed by atoms with E-state index in [0.29, 0.717) is 11.6 Å². The number of benzene rings is 2. The summed E-state index contributed by atoms with van der Waals surface area (Å²) in [4.78, 5) is 11.4. The lowest BCUT2D eigenvalue weighted by atomic mass is 9.97. The van der Waals surface area contributed by atoms with Gasteiger partial charge in [0.15, 0.2) is 0 Å². The molecular formula is C18H14NO2. The Labute approximate surface area is 122 Å². The van der Waals surface area contributed by atoms with Crippen LogP contribution in [0, 0.1) is 6.07 Å². The molecule has 1 heterocycles. The molecule has 2 aromatic carbocycles. The summed E-state index contributed by atoms with van der Waals surface area (Å²) in [5, 5.41) is 10.5. The average Bonchev–Trinajstić information content (AvgIpc) is 3.26. The number of aromatic carboxylic acids is 1. The molecule has 0 bridgehead atoms. The molecule has 1 aliphatic carbocycles. The minimum atomic E-state index is -0.899. The number of nitrogens with zero attached hydrogens (tertiary/aromatic N) is 1. The van der Waals surface area contributed by atoms with E-state index in [1.165, 1.54) is 12.8 Å². The summed E-state index contributed by atoms with van der Waals surface area (Å²) >= 11 is 0. The Balaban J connectivity index is 1.97. The highest BCUT2D eigenvalue weighted by Crippen LogP contribution is 2.40. The van der Waals surface area contributed by atoms with Gasteiger partial charge in [0.2, 0.25) is 0 Å². The summed E-state index contributed by atoms with van der Waals surface area (Å²) in [6.07, 6.45) is 4.54. The number of carboxylic acids is 1. The summed E-state index contributed by atoms with van der Waals surface area (Å²) in [6, 6.07) is 16.8. The van der Waals surface area contributed by atoms with Crippen LogP contribution in [0.15, 0.2) is 48.7 Å². The Morgan fingerprint density at radius 2 is 1.95 bits per heavy atom. The third kappa shape index (κ3) is 1.93. The van der Waals surface area contributed by atoms with Crippen molar-refractivity contribution in [3.05, 3.63) is 60.3 Å². The van der Waals surface area contributed by atoms with Crippen molar-refractivity contribution in [2.75, 3.05) is 0 Å². The first kappa shape index (κ1) is 12.2. The summed E-state index contributed by atoms with van der Waals surface area (Å²) in [7, 11) is 0. The van der Waals surface area contributed by atoms with E-state index in [2.05, 4.69) is 22.9 Å². The maximum absolute atomic E-state index is 11.4. The highest BCUT2D eigenvalue weighted by molar-refractivity contribution is 6.03. The van der Waals surface area contributed by atoms with Crippen molar-refractivity contribution in [2.24, 2.45) is 0 Å². The Morgan fingerprint density at radius 3 is 2.71 bits per heavy atom. The molecule has 0 saturated heterocycles. The lowest BCUT2D eigenvalue weighted by Crippen LogP contribution is -1.99. The lowest BCUT2D eigenvalue weighted by molar-refractivity contribution is 0.0698. The smallest absolute Gasteiger partial charge is 0.336 e. The van der Waals surface area contributed by atoms with Crippen molar-refractivity contribution in [3.8, 4) is 11.1 Å². The third-order valence-corrected chi connectivity index (χ3v) is 4.08. The normalized spacial score (nSPS) is 14.5. The summed E-state index contributed by atoms with van der Waals surface area (Å²) in [5.41, 5.74) is 3.15. The molecular weight excluding hydrogens is 262 g/mol. The van der Waals surface area contributed by atoms with E-state index in [1.807, 2.05) is 24.3 Å². The van der Waals surface area contributed by atoms with E-state index >= 15 is 0 Å². The topological polar surface area (TPSA) is 42.2 Å². The van der Waals surface area contributed by atoms with Crippen molar-refractivity contribution in [2.45, 2.75) is 18.9 Å². The maximum Gasteiger partial charge on any atom is 0.336 e. The second-order valence-corrected chi connectivity index (χ2v) is 5.47. The monoisotopic (exact) mass is 276 g/mol. The van der Waals surface area contributed by atoms with Crippen LogP contribution in [0.3, 0.4) is 0 Å². The summed E-state index contributed by atoms with van der Waals surface area (Å²) < 4.78 is 2.28. The molecule has 0 spiro atoms. The van der Waals surface area contributed by atoms with Crippen LogP contribution in [0.25, 0.3) is 22.0 Å². The number of aromatic nitrogens is 1. The van der Waals surface area contributed by atoms with Crippen molar-refractivity contribution in [1.82, 2.24) is 4.57 Å². The van der Waals surface area contributed by atoms with Crippen LogP contribution in [-0.4, -0.2) is 15.6 Å². The van der Waals surface area contributed by atoms with E-state index in [1.54, 1.807) is 12.1 Å². The zero-order valence-electron chi connectivity index (χ0n) is 11.4. The van der Waals surface area contributed by atoms with Gasteiger partial charge >= 0.3 is 5.97 Å². The largest absolute Gasteiger partial charge is 0.478 e. The molecule has 3 aromatic rings. The molecule has 1 radical (unpaired) electrons. The molecule has 4 rings (SSSR count). The number of fused-ring (bicyclic) bond motifs is 1. The summed E-state index contributed by atoms with van der Waals surface area (Å²) in [5.74, 6) is -0.899. The first-order valence-electron chi connectivity index (χ1n) is 7.09. The number of carboxylic acid groups (broad SMARTS) is 1. The highest BCUT2D eigenvalue weighted by atomic mass is 16.4. The van der Waals surface area contributed by atoms with Crippen LogP contribution in [0.1, 0.15) is 29.2 Å². The van der Waals surface area contributed by atoms with Gasteiger partial charge in [-0.25, -0.2) is 4.79 Å². The van der Waals surface area contributed by atoms with Gasteiger partial charge in [-0.1, -0.05) is 18.2 Å². The van der Waals surface area contributed by atoms with E-state index in [-0.39, 0.29) is 0 Å². The second kappa shape index (κ2) is 4.48. The van der Waals surface area contributed by atoms with Gasteiger partial charge in [-0.05, 0) is 54.3 Å². The Kier molecular flexibility index (Phi) is 2.61. The number of carbonyl (C=O) groups is 1. The first-order valence-corrected chi connectivity index (χ1v) is 7.09. The van der Waals surface area contributed by atoms with Gasteiger partial charge in [-0.2, -0.15) is 0 Å². The van der Waals surface area contributed by atoms with Gasteiger partial charge in [0, 0.05) is 23.1 Å². The molecule has 1 aromatic heterocycles. The van der Waals surface area contributed by atoms with Crippen LogP contribution >= 0.6 is 0 Å². The molecule has 0 atom stereocenters. The molecule has 0 amide bonds. The molecule has 1 N–H and O–H groups in total. The Morgan fingerprint density at radius 1 is 1.14 bits per heavy atom. The van der Waals surface area contributed by atoms with Crippen LogP contribution in [0.2, 0.25) is 0 Å². The predicted octanol–water partition coefficient (Wildman–Crippen LogP) is 4.14. The Bertz CT molecular complexity index is 843. The minimum Gasteiger partial charge on any atom is -0.478 e. The van der Waals surface area contributed by atoms with Crippen molar-refractivity contribution >= 4 is 16.9 Å². The molecule has 103 valence electrons. The van der Waals surface area contributed by atoms with Crippen molar-refractivity contribution < 1.29 is 9.90 Å². The highest BCUT2D eigenvalue weighted by Gasteiger charge is 2.25. The molecule has 0 unspecified atom stereocenters. The van der Waals surface area contributed by atoms with E-state index in [9.17, 15) is 9.90 Å². The van der Waals surface area contributed by atoms with Gasteiger partial charge in [0.05, 0.1) is 5.56 Å². The van der Waals surface area contributed by atoms with Gasteiger partial charge in [-0.3, -0.25) is 0 Å². The molecule has 1 saturated carbocycles. The Hall–Kier alpha value is -2.55. The zero-order chi connectivity index (χ0) is 14.4. The third-order valence-electron chi connectivity index (χ3n) is 4.08. The van der Waals surface area contributed by atoms with Crippen molar-refractivity contribution in [3.63, 3.8) is 0 Å². The SMILES string of the molecule is O=C(O)c1ccccc1-c1c[c]cc2c1ccn2C1CC1. The van der Waals surface area contributed by atoms with Crippen LogP contribution in [0.5, 0.6) is 0 Å². The molecule has 1 fully saturated rings. The first-order chi connectivity index (χ1) is 10.3. The van der Waals surface area contributed by atoms with E-state index in [0.717, 1.165) is 22.0 Å². The fraction of sp³-hybridized carbons (Fsp3) is 0.167. The second-order valence-electron chi connectivity index (χ2n) is 5.47. The van der Waals surface area contributed by atoms with Gasteiger partial charge in [0.1, 0.15) is 0 Å². The standard InChI is InChI=1S/C18H14NO2/c20-18(21)16-5-2-1-4-14(16)13-6-3-7-17-15(13)10-11-19(17)12-8-9-12/h1-2,4-7,10-12H,8-9H2,(H,20,21). The van der Waals surface area contributed by atoms with Crippen LogP contribution < -0.4 is 0 Å². The molecule has 0 aliphatic heterocycles.